The molecule has 132 valence electrons. The van der Waals surface area contributed by atoms with Crippen molar-refractivity contribution >= 4 is 16.7 Å². The molecule has 26 heavy (non-hydrogen) atoms. The summed E-state index contributed by atoms with van der Waals surface area (Å²) in [5, 5.41) is 1.84. The van der Waals surface area contributed by atoms with Crippen LogP contribution in [-0.2, 0) is 4.74 Å². The monoisotopic (exact) mass is 350 g/mol. The van der Waals surface area contributed by atoms with E-state index in [2.05, 4.69) is 0 Å². The van der Waals surface area contributed by atoms with Crippen molar-refractivity contribution in [3.05, 3.63) is 66.2 Å². The Morgan fingerprint density at radius 1 is 1.04 bits per heavy atom. The predicted octanol–water partition coefficient (Wildman–Crippen LogP) is 3.85. The molecule has 0 amide bonds. The molecule has 0 bridgehead atoms. The van der Waals surface area contributed by atoms with Crippen molar-refractivity contribution in [3.63, 3.8) is 0 Å². The molecule has 1 aliphatic heterocycles. The van der Waals surface area contributed by atoms with Crippen LogP contribution in [0.4, 0.5) is 0 Å². The van der Waals surface area contributed by atoms with E-state index in [0.29, 0.717) is 23.7 Å². The SMILES string of the molecule is COC(=O)c1ccc2ccccc2c1OCC1COc2ccccc2O1. The summed E-state index contributed by atoms with van der Waals surface area (Å²) in [6.45, 7) is 0.641. The number of fused-ring (bicyclic) bond motifs is 2. The van der Waals surface area contributed by atoms with E-state index in [-0.39, 0.29) is 12.7 Å². The topological polar surface area (TPSA) is 54.0 Å². The van der Waals surface area contributed by atoms with Crippen LogP contribution in [0.15, 0.2) is 60.7 Å². The number of para-hydroxylation sites is 2. The Kier molecular flexibility index (Phi) is 4.35. The van der Waals surface area contributed by atoms with Gasteiger partial charge in [0.2, 0.25) is 0 Å². The summed E-state index contributed by atoms with van der Waals surface area (Å²) in [5.41, 5.74) is 0.392. The molecule has 5 nitrogen and oxygen atoms in total. The van der Waals surface area contributed by atoms with Crippen LogP contribution in [0, 0.1) is 0 Å². The molecule has 5 heteroatoms. The van der Waals surface area contributed by atoms with Gasteiger partial charge in [0, 0.05) is 5.39 Å². The van der Waals surface area contributed by atoms with Crippen molar-refractivity contribution in [2.75, 3.05) is 20.3 Å². The molecule has 0 aliphatic carbocycles. The van der Waals surface area contributed by atoms with Crippen LogP contribution >= 0.6 is 0 Å². The zero-order valence-electron chi connectivity index (χ0n) is 14.3. The van der Waals surface area contributed by atoms with Crippen LogP contribution in [0.25, 0.3) is 10.8 Å². The number of methoxy groups -OCH3 is 1. The highest BCUT2D eigenvalue weighted by Crippen LogP contribution is 2.33. The Balaban J connectivity index is 1.60. The summed E-state index contributed by atoms with van der Waals surface area (Å²) in [4.78, 5) is 12.1. The first kappa shape index (κ1) is 16.3. The summed E-state index contributed by atoms with van der Waals surface area (Å²) < 4.78 is 22.6. The van der Waals surface area contributed by atoms with E-state index in [0.717, 1.165) is 16.5 Å². The first-order valence-electron chi connectivity index (χ1n) is 8.37. The maximum absolute atomic E-state index is 12.1. The summed E-state index contributed by atoms with van der Waals surface area (Å²) in [7, 11) is 1.36. The Hall–Kier alpha value is -3.21. The Morgan fingerprint density at radius 3 is 2.65 bits per heavy atom. The number of ether oxygens (including phenoxy) is 4. The molecule has 1 aliphatic rings. The van der Waals surface area contributed by atoms with Gasteiger partial charge >= 0.3 is 5.97 Å². The van der Waals surface area contributed by atoms with Crippen molar-refractivity contribution < 1.29 is 23.7 Å². The molecule has 0 N–H and O–H groups in total. The number of benzene rings is 3. The molecule has 3 aromatic rings. The third-order valence-electron chi connectivity index (χ3n) is 4.27. The zero-order valence-corrected chi connectivity index (χ0v) is 14.3. The van der Waals surface area contributed by atoms with Crippen LogP contribution in [-0.4, -0.2) is 32.4 Å². The van der Waals surface area contributed by atoms with Gasteiger partial charge in [-0.05, 0) is 23.6 Å². The molecule has 0 aromatic heterocycles. The van der Waals surface area contributed by atoms with Gasteiger partial charge in [-0.25, -0.2) is 4.79 Å². The van der Waals surface area contributed by atoms with Crippen molar-refractivity contribution in [1.82, 2.24) is 0 Å². The molecule has 0 spiro atoms. The van der Waals surface area contributed by atoms with E-state index >= 15 is 0 Å². The third-order valence-corrected chi connectivity index (χ3v) is 4.27. The maximum atomic E-state index is 12.1. The van der Waals surface area contributed by atoms with E-state index in [1.54, 1.807) is 6.07 Å². The van der Waals surface area contributed by atoms with Crippen LogP contribution in [0.2, 0.25) is 0 Å². The number of esters is 1. The lowest BCUT2D eigenvalue weighted by Gasteiger charge is -2.26. The second kappa shape index (κ2) is 6.96. The molecule has 1 atom stereocenters. The summed E-state index contributed by atoms with van der Waals surface area (Å²) in [5.74, 6) is 1.48. The summed E-state index contributed by atoms with van der Waals surface area (Å²) >= 11 is 0. The van der Waals surface area contributed by atoms with Crippen LogP contribution in [0.1, 0.15) is 10.4 Å². The minimum absolute atomic E-state index is 0.256. The van der Waals surface area contributed by atoms with Gasteiger partial charge in [-0.2, -0.15) is 0 Å². The largest absolute Gasteiger partial charge is 0.488 e. The Labute approximate surface area is 151 Å². The van der Waals surface area contributed by atoms with Crippen LogP contribution in [0.5, 0.6) is 17.2 Å². The number of hydrogen-bond donors (Lipinski definition) is 0. The molecule has 3 aromatic carbocycles. The van der Waals surface area contributed by atoms with E-state index in [4.69, 9.17) is 18.9 Å². The standard InChI is InChI=1S/C21H18O5/c1-23-21(22)17-11-10-14-6-2-3-7-16(14)20(17)25-13-15-12-24-18-8-4-5-9-19(18)26-15/h2-11,15H,12-13H2,1H3. The van der Waals surface area contributed by atoms with E-state index in [1.807, 2.05) is 54.6 Å². The van der Waals surface area contributed by atoms with Gasteiger partial charge < -0.3 is 18.9 Å². The van der Waals surface area contributed by atoms with Crippen molar-refractivity contribution in [2.24, 2.45) is 0 Å². The average molecular weight is 350 g/mol. The number of carbonyl (C=O) groups is 1. The fourth-order valence-corrected chi connectivity index (χ4v) is 2.99. The maximum Gasteiger partial charge on any atom is 0.341 e. The Bertz CT molecular complexity index is 950. The van der Waals surface area contributed by atoms with Gasteiger partial charge in [0.15, 0.2) is 17.6 Å². The highest BCUT2D eigenvalue weighted by atomic mass is 16.6. The van der Waals surface area contributed by atoms with Crippen molar-refractivity contribution in [2.45, 2.75) is 6.10 Å². The molecule has 0 saturated carbocycles. The zero-order chi connectivity index (χ0) is 17.9. The Morgan fingerprint density at radius 2 is 1.81 bits per heavy atom. The van der Waals surface area contributed by atoms with Crippen LogP contribution in [0.3, 0.4) is 0 Å². The number of rotatable bonds is 4. The van der Waals surface area contributed by atoms with E-state index in [9.17, 15) is 4.79 Å². The highest BCUT2D eigenvalue weighted by molar-refractivity contribution is 6.01. The summed E-state index contributed by atoms with van der Waals surface area (Å²) in [6.07, 6.45) is -0.269. The minimum Gasteiger partial charge on any atom is -0.488 e. The molecule has 1 heterocycles. The van der Waals surface area contributed by atoms with Gasteiger partial charge in [-0.3, -0.25) is 0 Å². The van der Waals surface area contributed by atoms with Gasteiger partial charge in [0.05, 0.1) is 7.11 Å². The fourth-order valence-electron chi connectivity index (χ4n) is 2.99. The molecule has 0 radical (unpaired) electrons. The lowest BCUT2D eigenvalue weighted by atomic mass is 10.1. The number of carbonyl (C=O) groups excluding carboxylic acids is 1. The molecule has 4 rings (SSSR count). The predicted molar refractivity (Wildman–Crippen MR) is 97.1 cm³/mol. The smallest absolute Gasteiger partial charge is 0.341 e. The van der Waals surface area contributed by atoms with E-state index < -0.39 is 5.97 Å². The van der Waals surface area contributed by atoms with Crippen molar-refractivity contribution in [1.29, 1.82) is 0 Å². The lowest BCUT2D eigenvalue weighted by Crippen LogP contribution is -2.34. The van der Waals surface area contributed by atoms with E-state index in [1.165, 1.54) is 7.11 Å². The summed E-state index contributed by atoms with van der Waals surface area (Å²) in [6, 6.07) is 18.9. The highest BCUT2D eigenvalue weighted by Gasteiger charge is 2.23. The van der Waals surface area contributed by atoms with Gasteiger partial charge in [-0.1, -0.05) is 42.5 Å². The molecule has 0 saturated heterocycles. The molecular weight excluding hydrogens is 332 g/mol. The second-order valence-electron chi connectivity index (χ2n) is 5.96. The quantitative estimate of drug-likeness (QED) is 0.669. The first-order valence-corrected chi connectivity index (χ1v) is 8.37. The van der Waals surface area contributed by atoms with Crippen molar-refractivity contribution in [3.8, 4) is 17.2 Å². The lowest BCUT2D eigenvalue weighted by molar-refractivity contribution is 0.0510. The fraction of sp³-hybridized carbons (Fsp3) is 0.190. The van der Waals surface area contributed by atoms with Gasteiger partial charge in [-0.15, -0.1) is 0 Å². The molecular formula is C21H18O5. The average Bonchev–Trinajstić information content (AvgIpc) is 2.71. The second-order valence-corrected chi connectivity index (χ2v) is 5.96. The third kappa shape index (κ3) is 3.04. The normalized spacial score (nSPS) is 15.5. The van der Waals surface area contributed by atoms with Crippen LogP contribution < -0.4 is 14.2 Å². The number of hydrogen-bond acceptors (Lipinski definition) is 5. The van der Waals surface area contributed by atoms with Gasteiger partial charge in [0.25, 0.3) is 0 Å². The molecule has 0 fully saturated rings. The minimum atomic E-state index is -0.433. The van der Waals surface area contributed by atoms with Gasteiger partial charge in [0.1, 0.15) is 24.5 Å². The molecule has 1 unspecified atom stereocenters. The first-order chi connectivity index (χ1) is 12.8.